The minimum atomic E-state index is -0.473. The average Bonchev–Trinajstić information content (AvgIpc) is 2.43. The molecule has 1 rings (SSSR count). The maximum Gasteiger partial charge on any atom is 0.0896 e. The number of hydrogen-bond acceptors (Lipinski definition) is 4. The van der Waals surface area contributed by atoms with E-state index in [0.29, 0.717) is 5.92 Å². The molecule has 20 heavy (non-hydrogen) atoms. The van der Waals surface area contributed by atoms with E-state index in [-0.39, 0.29) is 11.5 Å². The molecule has 1 heterocycles. The zero-order chi connectivity index (χ0) is 15.6. The van der Waals surface area contributed by atoms with Gasteiger partial charge in [-0.3, -0.25) is 0 Å². The van der Waals surface area contributed by atoms with E-state index in [1.807, 2.05) is 13.8 Å². The van der Waals surface area contributed by atoms with Crippen molar-refractivity contribution in [1.29, 1.82) is 0 Å². The Balaban J connectivity index is 2.75. The Labute approximate surface area is 124 Å². The van der Waals surface area contributed by atoms with Crippen LogP contribution in [0.2, 0.25) is 0 Å². The summed E-state index contributed by atoms with van der Waals surface area (Å²) in [5, 5.41) is 10.6. The van der Waals surface area contributed by atoms with Crippen LogP contribution in [0.4, 0.5) is 0 Å². The van der Waals surface area contributed by atoms with Gasteiger partial charge in [0.15, 0.2) is 0 Å². The van der Waals surface area contributed by atoms with E-state index >= 15 is 0 Å². The van der Waals surface area contributed by atoms with E-state index in [0.717, 1.165) is 26.2 Å². The molecule has 0 radical (unpaired) electrons. The lowest BCUT2D eigenvalue weighted by Crippen LogP contribution is -2.45. The van der Waals surface area contributed by atoms with Crippen molar-refractivity contribution in [3.63, 3.8) is 0 Å². The number of aliphatic hydroxyl groups is 1. The van der Waals surface area contributed by atoms with Crippen LogP contribution >= 0.6 is 0 Å². The Morgan fingerprint density at radius 1 is 1.20 bits per heavy atom. The van der Waals surface area contributed by atoms with Crippen LogP contribution in [-0.4, -0.2) is 60.7 Å². The number of hydrogen-bond donors (Lipinski definition) is 1. The second-order valence-corrected chi connectivity index (χ2v) is 7.51. The molecule has 0 aromatic carbocycles. The van der Waals surface area contributed by atoms with Gasteiger partial charge >= 0.3 is 0 Å². The fourth-order valence-corrected chi connectivity index (χ4v) is 3.27. The van der Waals surface area contributed by atoms with Gasteiger partial charge in [0.2, 0.25) is 0 Å². The lowest BCUT2D eigenvalue weighted by Gasteiger charge is -2.33. The second kappa shape index (κ2) is 6.73. The summed E-state index contributed by atoms with van der Waals surface area (Å²) in [5.41, 5.74) is -0.774. The molecular weight excluding hydrogens is 254 g/mol. The van der Waals surface area contributed by atoms with Crippen LogP contribution in [0, 0.1) is 11.8 Å². The summed E-state index contributed by atoms with van der Waals surface area (Å²) in [6.07, 6.45) is -0.435. The maximum atomic E-state index is 10.6. The molecule has 0 bridgehead atoms. The monoisotopic (exact) mass is 287 g/mol. The largest absolute Gasteiger partial charge is 0.390 e. The summed E-state index contributed by atoms with van der Waals surface area (Å²) in [7, 11) is 1.73. The summed E-state index contributed by atoms with van der Waals surface area (Å²) >= 11 is 0. The molecule has 1 fully saturated rings. The minimum absolute atomic E-state index is 0.119. The first kappa shape index (κ1) is 17.9. The van der Waals surface area contributed by atoms with Gasteiger partial charge in [-0.15, -0.1) is 0 Å². The average molecular weight is 287 g/mol. The number of nitrogens with zero attached hydrogens (tertiary/aromatic N) is 1. The van der Waals surface area contributed by atoms with Gasteiger partial charge in [-0.2, -0.15) is 0 Å². The molecule has 0 aliphatic carbocycles. The van der Waals surface area contributed by atoms with Crippen molar-refractivity contribution in [2.24, 2.45) is 11.8 Å². The third kappa shape index (κ3) is 4.42. The highest BCUT2D eigenvalue weighted by atomic mass is 16.5. The quantitative estimate of drug-likeness (QED) is 0.779. The molecule has 4 nitrogen and oxygen atoms in total. The van der Waals surface area contributed by atoms with E-state index in [9.17, 15) is 5.11 Å². The van der Waals surface area contributed by atoms with Gasteiger partial charge < -0.3 is 19.5 Å². The van der Waals surface area contributed by atoms with E-state index in [4.69, 9.17) is 9.47 Å². The second-order valence-electron chi connectivity index (χ2n) is 7.51. The van der Waals surface area contributed by atoms with Crippen molar-refractivity contribution in [3.05, 3.63) is 0 Å². The fourth-order valence-electron chi connectivity index (χ4n) is 3.27. The van der Waals surface area contributed by atoms with Crippen LogP contribution in [-0.2, 0) is 9.47 Å². The topological polar surface area (TPSA) is 41.9 Å². The van der Waals surface area contributed by atoms with Gasteiger partial charge in [0, 0.05) is 32.7 Å². The Kier molecular flexibility index (Phi) is 6.02. The molecule has 1 saturated heterocycles. The lowest BCUT2D eigenvalue weighted by atomic mass is 9.84. The number of methoxy groups -OCH3 is 1. The van der Waals surface area contributed by atoms with Crippen molar-refractivity contribution < 1.29 is 14.6 Å². The summed E-state index contributed by atoms with van der Waals surface area (Å²) in [5.74, 6) is 0.718. The van der Waals surface area contributed by atoms with Crippen molar-refractivity contribution in [2.75, 3.05) is 33.4 Å². The van der Waals surface area contributed by atoms with Gasteiger partial charge in [0.25, 0.3) is 0 Å². The van der Waals surface area contributed by atoms with Gasteiger partial charge in [-0.05, 0) is 33.6 Å². The normalized spacial score (nSPS) is 28.5. The molecule has 2 unspecified atom stereocenters. The van der Waals surface area contributed by atoms with Crippen LogP contribution in [0.15, 0.2) is 0 Å². The SMILES string of the molecule is COCCN(CC(C)C)CC1C(O)C(C)(C)OC1(C)C. The highest BCUT2D eigenvalue weighted by molar-refractivity contribution is 5.02. The van der Waals surface area contributed by atoms with E-state index < -0.39 is 11.7 Å². The third-order valence-corrected chi connectivity index (χ3v) is 4.20. The van der Waals surface area contributed by atoms with Crippen molar-refractivity contribution >= 4 is 0 Å². The first-order chi connectivity index (χ1) is 9.10. The lowest BCUT2D eigenvalue weighted by molar-refractivity contribution is -0.0914. The number of ether oxygens (including phenoxy) is 2. The molecule has 1 aliphatic rings. The van der Waals surface area contributed by atoms with E-state index in [1.165, 1.54) is 0 Å². The first-order valence-electron chi connectivity index (χ1n) is 7.69. The van der Waals surface area contributed by atoms with Gasteiger partial charge in [-0.1, -0.05) is 13.8 Å². The fraction of sp³-hybridized carbons (Fsp3) is 1.00. The first-order valence-corrected chi connectivity index (χ1v) is 7.69. The molecule has 0 aromatic heterocycles. The third-order valence-electron chi connectivity index (χ3n) is 4.20. The van der Waals surface area contributed by atoms with Crippen LogP contribution in [0.25, 0.3) is 0 Å². The van der Waals surface area contributed by atoms with Crippen molar-refractivity contribution in [2.45, 2.75) is 58.8 Å². The Morgan fingerprint density at radius 2 is 1.80 bits per heavy atom. The van der Waals surface area contributed by atoms with E-state index in [1.54, 1.807) is 7.11 Å². The molecule has 0 aromatic rings. The molecule has 4 heteroatoms. The molecule has 0 saturated carbocycles. The molecular formula is C16H33NO3. The molecule has 1 N–H and O–H groups in total. The number of aliphatic hydroxyl groups excluding tert-OH is 1. The smallest absolute Gasteiger partial charge is 0.0896 e. The summed E-state index contributed by atoms with van der Waals surface area (Å²) in [6, 6.07) is 0. The van der Waals surface area contributed by atoms with Crippen molar-refractivity contribution in [1.82, 2.24) is 4.90 Å². The standard InChI is InChI=1S/C16H33NO3/c1-12(2)10-17(8-9-19-7)11-13-14(18)16(5,6)20-15(13,3)4/h12-14,18H,8-11H2,1-7H3. The molecule has 120 valence electrons. The van der Waals surface area contributed by atoms with Gasteiger partial charge in [0.1, 0.15) is 0 Å². The van der Waals surface area contributed by atoms with Gasteiger partial charge in [0.05, 0.1) is 23.9 Å². The van der Waals surface area contributed by atoms with Gasteiger partial charge in [-0.25, -0.2) is 0 Å². The Hall–Kier alpha value is -0.160. The van der Waals surface area contributed by atoms with E-state index in [2.05, 4.69) is 32.6 Å². The highest BCUT2D eigenvalue weighted by Gasteiger charge is 2.53. The maximum absolute atomic E-state index is 10.6. The summed E-state index contributed by atoms with van der Waals surface area (Å²) < 4.78 is 11.3. The summed E-state index contributed by atoms with van der Waals surface area (Å²) in [6.45, 7) is 16.0. The molecule has 2 atom stereocenters. The number of rotatable bonds is 7. The Bertz CT molecular complexity index is 302. The predicted molar refractivity (Wildman–Crippen MR) is 81.9 cm³/mol. The predicted octanol–water partition coefficient (Wildman–Crippen LogP) is 2.16. The van der Waals surface area contributed by atoms with Crippen LogP contribution in [0.1, 0.15) is 41.5 Å². The molecule has 1 aliphatic heterocycles. The molecule has 0 amide bonds. The van der Waals surface area contributed by atoms with Crippen LogP contribution in [0.5, 0.6) is 0 Å². The van der Waals surface area contributed by atoms with Crippen molar-refractivity contribution in [3.8, 4) is 0 Å². The Morgan fingerprint density at radius 3 is 2.20 bits per heavy atom. The minimum Gasteiger partial charge on any atom is -0.390 e. The van der Waals surface area contributed by atoms with Crippen LogP contribution in [0.3, 0.4) is 0 Å². The summed E-state index contributed by atoms with van der Waals surface area (Å²) in [4.78, 5) is 2.38. The molecule has 0 spiro atoms. The zero-order valence-electron chi connectivity index (χ0n) is 14.3. The zero-order valence-corrected chi connectivity index (χ0v) is 14.3. The van der Waals surface area contributed by atoms with Crippen LogP contribution < -0.4 is 0 Å². The highest BCUT2D eigenvalue weighted by Crippen LogP contribution is 2.42.